The van der Waals surface area contributed by atoms with Crippen molar-refractivity contribution in [1.82, 2.24) is 0 Å². The third-order valence-corrected chi connectivity index (χ3v) is 7.41. The molecule has 0 spiro atoms. The highest BCUT2D eigenvalue weighted by atomic mass is 28.4. The van der Waals surface area contributed by atoms with Gasteiger partial charge in [-0.05, 0) is 45.2 Å². The average Bonchev–Trinajstić information content (AvgIpc) is 2.67. The van der Waals surface area contributed by atoms with Crippen LogP contribution in [0.5, 0.6) is 5.75 Å². The predicted octanol–water partition coefficient (Wildman–Crippen LogP) is 5.48. The van der Waals surface area contributed by atoms with E-state index in [1.165, 1.54) is 0 Å². The molecule has 2 aromatic carbocycles. The summed E-state index contributed by atoms with van der Waals surface area (Å²) in [5.74, 6) is 0.945. The van der Waals surface area contributed by atoms with E-state index in [2.05, 4.69) is 37.3 Å². The summed E-state index contributed by atoms with van der Waals surface area (Å²) in [7, 11) is -2.60. The molecule has 0 aromatic heterocycles. The second-order valence-electron chi connectivity index (χ2n) is 6.25. The van der Waals surface area contributed by atoms with Crippen molar-refractivity contribution in [2.24, 2.45) is 0 Å². The monoisotopic (exact) mass is 388 g/mol. The molecular weight excluding hydrogens is 356 g/mol. The minimum atomic E-state index is -2.60. The molecule has 0 fully saturated rings. The van der Waals surface area contributed by atoms with Crippen LogP contribution in [0.25, 0.3) is 11.1 Å². The molecule has 148 valence electrons. The quantitative estimate of drug-likeness (QED) is 0.356. The van der Waals surface area contributed by atoms with E-state index in [9.17, 15) is 0 Å². The van der Waals surface area contributed by atoms with Gasteiger partial charge in [-0.2, -0.15) is 0 Å². The summed E-state index contributed by atoms with van der Waals surface area (Å²) in [5, 5.41) is 0. The Morgan fingerprint density at radius 1 is 0.778 bits per heavy atom. The van der Waals surface area contributed by atoms with Gasteiger partial charge in [0.1, 0.15) is 5.75 Å². The Bertz CT molecular complexity index is 658. The van der Waals surface area contributed by atoms with E-state index in [0.717, 1.165) is 34.9 Å². The van der Waals surface area contributed by atoms with Crippen LogP contribution in [0.3, 0.4) is 0 Å². The van der Waals surface area contributed by atoms with Crippen LogP contribution in [0, 0.1) is 6.92 Å². The molecule has 0 heterocycles. The number of hydrogen-bond donors (Lipinski definition) is 0. The molecule has 0 N–H and O–H groups in total. The molecule has 0 amide bonds. The average molecular weight is 389 g/mol. The highest BCUT2D eigenvalue weighted by molar-refractivity contribution is 6.60. The molecule has 27 heavy (non-hydrogen) atoms. The number of aryl methyl sites for hydroxylation is 1. The van der Waals surface area contributed by atoms with Gasteiger partial charge in [0.2, 0.25) is 0 Å². The Hall–Kier alpha value is -1.66. The van der Waals surface area contributed by atoms with E-state index in [1.54, 1.807) is 0 Å². The molecule has 0 saturated heterocycles. The maximum Gasteiger partial charge on any atom is 0.501 e. The normalized spacial score (nSPS) is 11.6. The van der Waals surface area contributed by atoms with Gasteiger partial charge in [0.15, 0.2) is 0 Å². The lowest BCUT2D eigenvalue weighted by molar-refractivity contribution is 0.0697. The predicted molar refractivity (Wildman–Crippen MR) is 112 cm³/mol. The Balaban J connectivity index is 2.04. The van der Waals surface area contributed by atoms with Gasteiger partial charge < -0.3 is 18.0 Å². The van der Waals surface area contributed by atoms with Crippen molar-refractivity contribution in [3.8, 4) is 16.9 Å². The van der Waals surface area contributed by atoms with Gasteiger partial charge in [-0.25, -0.2) is 0 Å². The molecule has 0 unspecified atom stereocenters. The van der Waals surface area contributed by atoms with Crippen LogP contribution in [-0.4, -0.2) is 35.2 Å². The van der Waals surface area contributed by atoms with Crippen LogP contribution < -0.4 is 4.74 Å². The topological polar surface area (TPSA) is 36.9 Å². The van der Waals surface area contributed by atoms with E-state index in [0.29, 0.717) is 26.4 Å². The number of rotatable bonds is 12. The lowest BCUT2D eigenvalue weighted by atomic mass is 10.0. The minimum Gasteiger partial charge on any atom is -0.493 e. The Morgan fingerprint density at radius 2 is 1.41 bits per heavy atom. The molecule has 0 atom stereocenters. The zero-order chi connectivity index (χ0) is 19.5. The third-order valence-electron chi connectivity index (χ3n) is 4.26. The van der Waals surface area contributed by atoms with E-state index in [-0.39, 0.29) is 0 Å². The minimum absolute atomic E-state index is 0.600. The van der Waals surface area contributed by atoms with Gasteiger partial charge in [0, 0.05) is 31.4 Å². The summed E-state index contributed by atoms with van der Waals surface area (Å²) in [6.45, 7) is 10.4. The lowest BCUT2D eigenvalue weighted by Crippen LogP contribution is -2.46. The van der Waals surface area contributed by atoms with Crippen LogP contribution >= 0.6 is 0 Å². The van der Waals surface area contributed by atoms with Crippen LogP contribution in [0.15, 0.2) is 48.5 Å². The number of hydrogen-bond acceptors (Lipinski definition) is 4. The fourth-order valence-corrected chi connectivity index (χ4v) is 5.73. The van der Waals surface area contributed by atoms with Gasteiger partial charge in [0.05, 0.1) is 6.61 Å². The van der Waals surface area contributed by atoms with Crippen molar-refractivity contribution >= 4 is 8.80 Å². The Morgan fingerprint density at radius 3 is 2.00 bits per heavy atom. The van der Waals surface area contributed by atoms with Crippen molar-refractivity contribution in [3.63, 3.8) is 0 Å². The first kappa shape index (κ1) is 21.6. The van der Waals surface area contributed by atoms with Crippen molar-refractivity contribution in [2.75, 3.05) is 26.4 Å². The molecular formula is C22H32O4Si. The molecule has 0 bridgehead atoms. The van der Waals surface area contributed by atoms with E-state index in [1.807, 2.05) is 39.0 Å². The van der Waals surface area contributed by atoms with E-state index in [4.69, 9.17) is 18.0 Å². The molecule has 0 radical (unpaired) electrons. The number of benzene rings is 2. The highest BCUT2D eigenvalue weighted by Gasteiger charge is 2.39. The maximum atomic E-state index is 6.21. The molecule has 2 aromatic rings. The summed E-state index contributed by atoms with van der Waals surface area (Å²) in [4.78, 5) is 0. The first-order valence-electron chi connectivity index (χ1n) is 9.85. The fraction of sp³-hybridized carbons (Fsp3) is 0.455. The molecule has 4 nitrogen and oxygen atoms in total. The van der Waals surface area contributed by atoms with Crippen molar-refractivity contribution in [3.05, 3.63) is 54.1 Å². The first-order chi connectivity index (χ1) is 13.2. The Kier molecular flexibility index (Phi) is 9.01. The van der Waals surface area contributed by atoms with Crippen molar-refractivity contribution < 1.29 is 18.0 Å². The third kappa shape index (κ3) is 6.18. The summed E-state index contributed by atoms with van der Waals surface area (Å²) in [6.07, 6.45) is 0.828. The second kappa shape index (κ2) is 11.2. The largest absolute Gasteiger partial charge is 0.501 e. The summed E-state index contributed by atoms with van der Waals surface area (Å²) < 4.78 is 24.0. The van der Waals surface area contributed by atoms with Crippen molar-refractivity contribution in [2.45, 2.75) is 40.2 Å². The first-order valence-corrected chi connectivity index (χ1v) is 11.8. The lowest BCUT2D eigenvalue weighted by Gasteiger charge is -2.28. The van der Waals surface area contributed by atoms with Gasteiger partial charge >= 0.3 is 8.80 Å². The van der Waals surface area contributed by atoms with Crippen LogP contribution in [0.4, 0.5) is 0 Å². The SMILES string of the molecule is CCO[Si](CCCOc1c(C)cccc1-c1ccccc1)(OCC)OCC. The molecule has 5 heteroatoms. The smallest absolute Gasteiger partial charge is 0.493 e. The standard InChI is InChI=1S/C22H32O4Si/c1-5-24-27(25-6-2,26-7-3)18-12-17-23-22-19(4)13-11-16-21(22)20-14-9-8-10-15-20/h8-11,13-16H,5-7,12,17-18H2,1-4H3. The van der Waals surface area contributed by atoms with E-state index >= 15 is 0 Å². The molecule has 0 aliphatic heterocycles. The van der Waals surface area contributed by atoms with Crippen LogP contribution in [0.1, 0.15) is 32.8 Å². The number of ether oxygens (including phenoxy) is 1. The van der Waals surface area contributed by atoms with E-state index < -0.39 is 8.80 Å². The maximum absolute atomic E-state index is 6.21. The summed E-state index contributed by atoms with van der Waals surface area (Å²) in [5.41, 5.74) is 3.43. The summed E-state index contributed by atoms with van der Waals surface area (Å²) in [6, 6.07) is 17.4. The molecule has 0 aliphatic rings. The highest BCUT2D eigenvalue weighted by Crippen LogP contribution is 2.33. The fourth-order valence-electron chi connectivity index (χ4n) is 3.15. The van der Waals surface area contributed by atoms with Gasteiger partial charge in [-0.1, -0.05) is 48.5 Å². The van der Waals surface area contributed by atoms with Gasteiger partial charge in [-0.3, -0.25) is 0 Å². The zero-order valence-corrected chi connectivity index (χ0v) is 18.0. The Labute approximate surface area is 164 Å². The van der Waals surface area contributed by atoms with Crippen LogP contribution in [0.2, 0.25) is 6.04 Å². The van der Waals surface area contributed by atoms with Crippen molar-refractivity contribution in [1.29, 1.82) is 0 Å². The molecule has 0 aliphatic carbocycles. The molecule has 2 rings (SSSR count). The zero-order valence-electron chi connectivity index (χ0n) is 17.0. The van der Waals surface area contributed by atoms with Gasteiger partial charge in [-0.15, -0.1) is 0 Å². The van der Waals surface area contributed by atoms with Crippen LogP contribution in [-0.2, 0) is 13.3 Å². The van der Waals surface area contributed by atoms with Gasteiger partial charge in [0.25, 0.3) is 0 Å². The number of para-hydroxylation sites is 1. The second-order valence-corrected chi connectivity index (χ2v) is 8.98. The summed E-state index contributed by atoms with van der Waals surface area (Å²) >= 11 is 0. The molecule has 0 saturated carbocycles.